The lowest BCUT2D eigenvalue weighted by molar-refractivity contribution is -0.141. The highest BCUT2D eigenvalue weighted by Crippen LogP contribution is 2.20. The number of nitrogens with two attached hydrogens (primary N) is 1. The highest BCUT2D eigenvalue weighted by atomic mass is 16.5. The summed E-state index contributed by atoms with van der Waals surface area (Å²) in [7, 11) is 1.34. The Balaban J connectivity index is 2.60. The Morgan fingerprint density at radius 1 is 1.53 bits per heavy atom. The van der Waals surface area contributed by atoms with Gasteiger partial charge in [-0.1, -0.05) is 0 Å². The molecule has 0 atom stereocenters. The van der Waals surface area contributed by atoms with Crippen LogP contribution in [0, 0.1) is 6.92 Å². The van der Waals surface area contributed by atoms with Crippen molar-refractivity contribution in [3.05, 3.63) is 5.69 Å². The second kappa shape index (κ2) is 4.08. The van der Waals surface area contributed by atoms with Crippen molar-refractivity contribution in [2.24, 2.45) is 0 Å². The Morgan fingerprint density at radius 2 is 2.24 bits per heavy atom. The zero-order chi connectivity index (χ0) is 12.6. The quantitative estimate of drug-likeness (QED) is 0.776. The van der Waals surface area contributed by atoms with Gasteiger partial charge >= 0.3 is 5.97 Å². The van der Waals surface area contributed by atoms with Crippen molar-refractivity contribution in [2.75, 3.05) is 12.8 Å². The van der Waals surface area contributed by atoms with Crippen LogP contribution in [0.5, 0.6) is 0 Å². The number of aromatic nitrogens is 4. The molecule has 0 aliphatic heterocycles. The number of hydrogen-bond acceptors (Lipinski definition) is 5. The molecule has 0 aliphatic carbocycles. The second-order valence-electron chi connectivity index (χ2n) is 3.71. The molecule has 2 aromatic heterocycles. The third-order valence-electron chi connectivity index (χ3n) is 2.64. The number of rotatable bonds is 3. The van der Waals surface area contributed by atoms with E-state index in [4.69, 9.17) is 5.73 Å². The molecule has 0 amide bonds. The first-order valence-corrected chi connectivity index (χ1v) is 5.34. The van der Waals surface area contributed by atoms with Gasteiger partial charge in [-0.05, 0) is 13.8 Å². The van der Waals surface area contributed by atoms with E-state index in [0.717, 1.165) is 16.9 Å². The Bertz CT molecular complexity index is 569. The number of methoxy groups -OCH3 is 1. The molecule has 0 fully saturated rings. The van der Waals surface area contributed by atoms with Gasteiger partial charge in [0.1, 0.15) is 12.1 Å². The van der Waals surface area contributed by atoms with E-state index in [1.54, 1.807) is 9.25 Å². The molecule has 0 aromatic carbocycles. The van der Waals surface area contributed by atoms with Gasteiger partial charge in [0.15, 0.2) is 5.65 Å². The number of nitrogens with zero attached hydrogens (tertiary/aromatic N) is 4. The van der Waals surface area contributed by atoms with Crippen molar-refractivity contribution in [2.45, 2.75) is 26.9 Å². The van der Waals surface area contributed by atoms with Crippen LogP contribution in [0.2, 0.25) is 0 Å². The maximum absolute atomic E-state index is 11.3. The molecule has 2 N–H and O–H groups in total. The summed E-state index contributed by atoms with van der Waals surface area (Å²) in [5.74, 6) is -0.0643. The van der Waals surface area contributed by atoms with Gasteiger partial charge in [-0.25, -0.2) is 9.67 Å². The van der Waals surface area contributed by atoms with Crippen molar-refractivity contribution >= 4 is 23.1 Å². The number of anilines is 1. The Morgan fingerprint density at radius 3 is 2.82 bits per heavy atom. The van der Waals surface area contributed by atoms with Crippen LogP contribution < -0.4 is 5.73 Å². The molecule has 0 saturated carbocycles. The van der Waals surface area contributed by atoms with E-state index in [9.17, 15) is 4.79 Å². The lowest BCUT2D eigenvalue weighted by Gasteiger charge is -2.06. The summed E-state index contributed by atoms with van der Waals surface area (Å²) in [5.41, 5.74) is 8.09. The van der Waals surface area contributed by atoms with Crippen LogP contribution in [-0.2, 0) is 22.6 Å². The van der Waals surface area contributed by atoms with Crippen LogP contribution in [0.3, 0.4) is 0 Å². The van der Waals surface area contributed by atoms with Crippen molar-refractivity contribution in [1.29, 1.82) is 0 Å². The van der Waals surface area contributed by atoms with E-state index in [1.807, 2.05) is 13.8 Å². The first kappa shape index (κ1) is 11.4. The fraction of sp³-hybridized carbons (Fsp3) is 0.500. The second-order valence-corrected chi connectivity index (χ2v) is 3.71. The summed E-state index contributed by atoms with van der Waals surface area (Å²) in [5, 5.41) is 4.33. The number of imidazole rings is 1. The van der Waals surface area contributed by atoms with Crippen LogP contribution in [0.1, 0.15) is 12.6 Å². The molecule has 0 radical (unpaired) electrons. The standard InChI is InChI=1S/C10H15N5O2/c1-4-15-9-8(6(2)13-15)12-10(11)14(9)5-7(16)17-3/h4-5H2,1-3H3,(H2,11,12). The number of hydrogen-bond donors (Lipinski definition) is 1. The molecule has 7 nitrogen and oxygen atoms in total. The maximum atomic E-state index is 11.3. The number of nitrogen functional groups attached to an aromatic ring is 1. The van der Waals surface area contributed by atoms with Gasteiger partial charge in [-0.3, -0.25) is 9.36 Å². The van der Waals surface area contributed by atoms with E-state index >= 15 is 0 Å². The third kappa shape index (κ3) is 1.73. The molecule has 0 spiro atoms. The van der Waals surface area contributed by atoms with Gasteiger partial charge in [0, 0.05) is 6.54 Å². The van der Waals surface area contributed by atoms with Gasteiger partial charge in [0.05, 0.1) is 12.8 Å². The maximum Gasteiger partial charge on any atom is 0.325 e. The number of aryl methyl sites for hydroxylation is 2. The average Bonchev–Trinajstić information content (AvgIpc) is 2.78. The summed E-state index contributed by atoms with van der Waals surface area (Å²) < 4.78 is 8.03. The summed E-state index contributed by atoms with van der Waals surface area (Å²) in [6, 6.07) is 0. The smallest absolute Gasteiger partial charge is 0.325 e. The van der Waals surface area contributed by atoms with Crippen molar-refractivity contribution < 1.29 is 9.53 Å². The normalized spacial score (nSPS) is 11.0. The molecule has 0 unspecified atom stereocenters. The number of ether oxygens (including phenoxy) is 1. The van der Waals surface area contributed by atoms with Gasteiger partial charge in [0.2, 0.25) is 5.95 Å². The third-order valence-corrected chi connectivity index (χ3v) is 2.64. The van der Waals surface area contributed by atoms with E-state index in [0.29, 0.717) is 12.5 Å². The number of esters is 1. The Kier molecular flexibility index (Phi) is 2.74. The predicted octanol–water partition coefficient (Wildman–Crippen LogP) is 0.316. The van der Waals surface area contributed by atoms with Gasteiger partial charge in [0.25, 0.3) is 0 Å². The Labute approximate surface area is 98.2 Å². The molecule has 0 aliphatic rings. The zero-order valence-corrected chi connectivity index (χ0v) is 10.1. The first-order chi connectivity index (χ1) is 8.08. The number of carbonyl (C=O) groups excluding carboxylic acids is 1. The van der Waals surface area contributed by atoms with Crippen LogP contribution in [-0.4, -0.2) is 32.4 Å². The van der Waals surface area contributed by atoms with Crippen molar-refractivity contribution in [3.8, 4) is 0 Å². The molecule has 17 heavy (non-hydrogen) atoms. The topological polar surface area (TPSA) is 88.0 Å². The molecular formula is C10H15N5O2. The van der Waals surface area contributed by atoms with E-state index in [2.05, 4.69) is 14.8 Å². The summed E-state index contributed by atoms with van der Waals surface area (Å²) >= 11 is 0. The highest BCUT2D eigenvalue weighted by molar-refractivity contribution is 5.80. The zero-order valence-electron chi connectivity index (χ0n) is 10.1. The van der Waals surface area contributed by atoms with Gasteiger partial charge in [-0.2, -0.15) is 5.10 Å². The largest absolute Gasteiger partial charge is 0.468 e. The van der Waals surface area contributed by atoms with Crippen LogP contribution >= 0.6 is 0 Å². The fourth-order valence-electron chi connectivity index (χ4n) is 1.81. The van der Waals surface area contributed by atoms with Crippen molar-refractivity contribution in [1.82, 2.24) is 19.3 Å². The SMILES string of the molecule is CCn1nc(C)c2nc(N)n(CC(=O)OC)c21. The van der Waals surface area contributed by atoms with Crippen molar-refractivity contribution in [3.63, 3.8) is 0 Å². The minimum atomic E-state index is -0.363. The van der Waals surface area contributed by atoms with E-state index in [1.165, 1.54) is 7.11 Å². The summed E-state index contributed by atoms with van der Waals surface area (Å²) in [6.45, 7) is 4.57. The lowest BCUT2D eigenvalue weighted by Crippen LogP contribution is -2.15. The molecule has 2 aromatic rings. The van der Waals surface area contributed by atoms with Gasteiger partial charge in [-0.15, -0.1) is 0 Å². The van der Waals surface area contributed by atoms with E-state index < -0.39 is 0 Å². The van der Waals surface area contributed by atoms with Crippen LogP contribution in [0.15, 0.2) is 0 Å². The van der Waals surface area contributed by atoms with E-state index in [-0.39, 0.29) is 12.5 Å². The molecular weight excluding hydrogens is 222 g/mol. The summed E-state index contributed by atoms with van der Waals surface area (Å²) in [6.07, 6.45) is 0. The highest BCUT2D eigenvalue weighted by Gasteiger charge is 2.18. The monoisotopic (exact) mass is 237 g/mol. The molecule has 0 bridgehead atoms. The van der Waals surface area contributed by atoms with Gasteiger partial charge < -0.3 is 10.5 Å². The molecule has 2 rings (SSSR count). The molecule has 92 valence electrons. The van der Waals surface area contributed by atoms with Crippen LogP contribution in [0.4, 0.5) is 5.95 Å². The van der Waals surface area contributed by atoms with Crippen LogP contribution in [0.25, 0.3) is 11.2 Å². The molecule has 0 saturated heterocycles. The predicted molar refractivity (Wildman–Crippen MR) is 62.4 cm³/mol. The lowest BCUT2D eigenvalue weighted by atomic mass is 10.4. The minimum Gasteiger partial charge on any atom is -0.468 e. The first-order valence-electron chi connectivity index (χ1n) is 5.34. The average molecular weight is 237 g/mol. The summed E-state index contributed by atoms with van der Waals surface area (Å²) in [4.78, 5) is 15.5. The number of fused-ring (bicyclic) bond motifs is 1. The minimum absolute atomic E-state index is 0.0456. The Hall–Kier alpha value is -2.05. The molecule has 2 heterocycles. The number of carbonyl (C=O) groups is 1. The fourth-order valence-corrected chi connectivity index (χ4v) is 1.81. The molecule has 7 heteroatoms.